The van der Waals surface area contributed by atoms with Crippen molar-refractivity contribution >= 4 is 62.5 Å². The molecule has 0 saturated carbocycles. The Morgan fingerprint density at radius 1 is 0.830 bits per heavy atom. The van der Waals surface area contributed by atoms with Gasteiger partial charge in [0.2, 0.25) is 0 Å². The van der Waals surface area contributed by atoms with Gasteiger partial charge in [0.15, 0.2) is 0 Å². The molecule has 0 N–H and O–H groups in total. The van der Waals surface area contributed by atoms with Gasteiger partial charge >= 0.3 is 11.9 Å². The van der Waals surface area contributed by atoms with Crippen LogP contribution in [0.3, 0.4) is 0 Å². The molecule has 0 aromatic heterocycles. The summed E-state index contributed by atoms with van der Waals surface area (Å²) in [7, 11) is 3.94. The van der Waals surface area contributed by atoms with Gasteiger partial charge in [-0.25, -0.2) is 0 Å². The van der Waals surface area contributed by atoms with E-state index in [4.69, 9.17) is 23.7 Å². The van der Waals surface area contributed by atoms with Crippen LogP contribution < -0.4 is 0 Å². The van der Waals surface area contributed by atoms with Crippen LogP contribution in [0.2, 0.25) is 0 Å². The summed E-state index contributed by atoms with van der Waals surface area (Å²) in [4.78, 5) is 25.9. The topological polar surface area (TPSA) is 80.3 Å². The minimum atomic E-state index is -0.266. The molecule has 1 fully saturated rings. The molecule has 2 aromatic carbocycles. The Balaban J connectivity index is 1.03. The molecular formula is C37H48O7S3. The predicted octanol–water partition coefficient (Wildman–Crippen LogP) is 8.29. The number of carbonyl (C=O) groups excluding carboxylic acids is 2. The molecule has 0 radical (unpaired) electrons. The monoisotopic (exact) mass is 700 g/mol. The first-order chi connectivity index (χ1) is 22.9. The van der Waals surface area contributed by atoms with Crippen molar-refractivity contribution < 1.29 is 33.3 Å². The molecular weight excluding hydrogens is 653 g/mol. The van der Waals surface area contributed by atoms with E-state index in [1.807, 2.05) is 21.6 Å². The molecule has 47 heavy (non-hydrogen) atoms. The van der Waals surface area contributed by atoms with Crippen molar-refractivity contribution in [2.24, 2.45) is 0 Å². The lowest BCUT2D eigenvalue weighted by atomic mass is 9.99. The Kier molecular flexibility index (Phi) is 16.8. The van der Waals surface area contributed by atoms with Crippen LogP contribution >= 0.6 is 33.3 Å². The van der Waals surface area contributed by atoms with Crippen LogP contribution in [0.5, 0.6) is 0 Å². The number of carbonyl (C=O) groups is 2. The third-order valence-electron chi connectivity index (χ3n) is 8.00. The summed E-state index contributed by atoms with van der Waals surface area (Å²) in [6.45, 7) is 6.95. The second-order valence-electron chi connectivity index (χ2n) is 11.5. The number of rotatable bonds is 21. The smallest absolute Gasteiger partial charge is 0.310 e. The van der Waals surface area contributed by atoms with Gasteiger partial charge in [-0.1, -0.05) is 63.9 Å². The Bertz CT molecular complexity index is 1350. The first kappa shape index (κ1) is 37.6. The lowest BCUT2D eigenvalue weighted by molar-refractivity contribution is -0.145. The maximum Gasteiger partial charge on any atom is 0.310 e. The number of ether oxygens (including phenoxy) is 5. The molecule has 1 heterocycles. The summed E-state index contributed by atoms with van der Waals surface area (Å²) in [6.07, 6.45) is 9.41. The number of thioether (sulfide) groups is 1. The molecule has 7 nitrogen and oxygen atoms in total. The van der Waals surface area contributed by atoms with Crippen LogP contribution in [0.4, 0.5) is 0 Å². The highest BCUT2D eigenvalue weighted by Crippen LogP contribution is 2.44. The highest BCUT2D eigenvalue weighted by molar-refractivity contribution is 8.77. The van der Waals surface area contributed by atoms with Crippen molar-refractivity contribution in [2.75, 3.05) is 64.9 Å². The third kappa shape index (κ3) is 13.0. The van der Waals surface area contributed by atoms with Crippen molar-refractivity contribution in [3.05, 3.63) is 70.3 Å². The third-order valence-corrected chi connectivity index (χ3v) is 11.8. The average Bonchev–Trinajstić information content (AvgIpc) is 3.68. The van der Waals surface area contributed by atoms with Gasteiger partial charge < -0.3 is 23.7 Å². The van der Waals surface area contributed by atoms with Gasteiger partial charge in [0, 0.05) is 22.3 Å². The quantitative estimate of drug-likeness (QED) is 0.0549. The van der Waals surface area contributed by atoms with E-state index in [1.165, 1.54) is 23.5 Å². The fourth-order valence-corrected chi connectivity index (χ4v) is 8.87. The van der Waals surface area contributed by atoms with Gasteiger partial charge in [0.25, 0.3) is 0 Å². The number of benzene rings is 2. The highest BCUT2D eigenvalue weighted by Gasteiger charge is 2.26. The van der Waals surface area contributed by atoms with Gasteiger partial charge in [-0.2, -0.15) is 0 Å². The van der Waals surface area contributed by atoms with Gasteiger partial charge in [0.1, 0.15) is 13.2 Å². The molecule has 1 atom stereocenters. The molecule has 10 heteroatoms. The molecule has 1 saturated heterocycles. The highest BCUT2D eigenvalue weighted by atomic mass is 33.1. The number of aryl methyl sites for hydroxylation is 1. The Labute approximate surface area is 292 Å². The van der Waals surface area contributed by atoms with Crippen LogP contribution in [-0.4, -0.2) is 82.1 Å². The molecule has 4 rings (SSSR count). The molecule has 0 amide bonds. The standard InChI is InChI=1S/C37H48O7S3/c1-27-8-13-32-33(25-29-9-11-30(45-3)12-10-29)28(2)34(35(32)24-27)26-37(39)44-22-20-42-18-16-40-15-17-41-19-21-43-36(38)7-5-4-6-31-14-23-46-47-31/h8-13,24-25,31H,4-7,14-23,26H2,1-3H3/b33-25-. The van der Waals surface area contributed by atoms with Gasteiger partial charge in [-0.15, -0.1) is 11.8 Å². The molecule has 2 aromatic rings. The van der Waals surface area contributed by atoms with Crippen molar-refractivity contribution in [3.63, 3.8) is 0 Å². The summed E-state index contributed by atoms with van der Waals surface area (Å²) in [5.74, 6) is 0.833. The fourth-order valence-electron chi connectivity index (χ4n) is 5.43. The van der Waals surface area contributed by atoms with E-state index in [9.17, 15) is 9.59 Å². The van der Waals surface area contributed by atoms with E-state index in [0.29, 0.717) is 46.1 Å². The molecule has 1 aliphatic carbocycles. The van der Waals surface area contributed by atoms with Gasteiger partial charge in [0.05, 0.1) is 46.1 Å². The molecule has 256 valence electrons. The van der Waals surface area contributed by atoms with Crippen LogP contribution in [-0.2, 0) is 33.3 Å². The van der Waals surface area contributed by atoms with Crippen molar-refractivity contribution in [1.82, 2.24) is 0 Å². The lowest BCUT2D eigenvalue weighted by Gasteiger charge is -2.09. The van der Waals surface area contributed by atoms with Crippen LogP contribution in [0, 0.1) is 6.92 Å². The second kappa shape index (κ2) is 21.0. The summed E-state index contributed by atoms with van der Waals surface area (Å²) in [5, 5.41) is 0.758. The number of fused-ring (bicyclic) bond motifs is 1. The van der Waals surface area contributed by atoms with E-state index in [2.05, 4.69) is 68.6 Å². The number of esters is 2. The van der Waals surface area contributed by atoms with Gasteiger partial charge in [-0.05, 0) is 91.0 Å². The first-order valence-electron chi connectivity index (χ1n) is 16.4. The van der Waals surface area contributed by atoms with Crippen molar-refractivity contribution in [3.8, 4) is 0 Å². The van der Waals surface area contributed by atoms with Crippen molar-refractivity contribution in [1.29, 1.82) is 0 Å². The van der Waals surface area contributed by atoms with Crippen molar-refractivity contribution in [2.45, 2.75) is 62.5 Å². The maximum atomic E-state index is 12.8. The summed E-state index contributed by atoms with van der Waals surface area (Å²) < 4.78 is 27.3. The number of hydrogen-bond acceptors (Lipinski definition) is 10. The van der Waals surface area contributed by atoms with E-state index < -0.39 is 0 Å². The van der Waals surface area contributed by atoms with E-state index in [-0.39, 0.29) is 31.6 Å². The van der Waals surface area contributed by atoms with Crippen LogP contribution in [0.1, 0.15) is 67.7 Å². The molecule has 0 spiro atoms. The summed E-state index contributed by atoms with van der Waals surface area (Å²) >= 11 is 1.73. The van der Waals surface area contributed by atoms with Gasteiger partial charge in [-0.3, -0.25) is 9.59 Å². The fraction of sp³-hybridized carbons (Fsp3) is 0.514. The van der Waals surface area contributed by atoms with Crippen LogP contribution in [0.25, 0.3) is 17.2 Å². The Morgan fingerprint density at radius 3 is 2.13 bits per heavy atom. The zero-order valence-corrected chi connectivity index (χ0v) is 30.3. The summed E-state index contributed by atoms with van der Waals surface area (Å²) in [6, 6.07) is 14.9. The molecule has 1 aliphatic heterocycles. The van der Waals surface area contributed by atoms with E-state index >= 15 is 0 Å². The maximum absolute atomic E-state index is 12.8. The largest absolute Gasteiger partial charge is 0.463 e. The zero-order valence-electron chi connectivity index (χ0n) is 27.9. The minimum absolute atomic E-state index is 0.151. The molecule has 1 unspecified atom stereocenters. The van der Waals surface area contributed by atoms with E-state index in [0.717, 1.165) is 57.1 Å². The number of allylic oxidation sites excluding steroid dienone is 2. The lowest BCUT2D eigenvalue weighted by Crippen LogP contribution is -2.15. The van der Waals surface area contributed by atoms with Crippen LogP contribution in [0.15, 0.2) is 52.9 Å². The zero-order chi connectivity index (χ0) is 33.3. The average molecular weight is 701 g/mol. The van der Waals surface area contributed by atoms with E-state index in [1.54, 1.807) is 11.8 Å². The second-order valence-corrected chi connectivity index (χ2v) is 15.2. The molecule has 2 aliphatic rings. The minimum Gasteiger partial charge on any atom is -0.463 e. The first-order valence-corrected chi connectivity index (χ1v) is 20.1. The summed E-state index contributed by atoms with van der Waals surface area (Å²) in [5.41, 5.74) is 7.80. The number of unbranched alkanes of at least 4 members (excludes halogenated alkanes) is 1. The SMILES string of the molecule is CSc1ccc(/C=C2/C(C)=C(CC(=O)OCCOCCOCCOCCOC(=O)CCCCC3CCSS3)c3cc(C)ccc32)cc1. The Morgan fingerprint density at radius 2 is 1.49 bits per heavy atom. The Hall–Kier alpha value is -2.21. The normalized spacial score (nSPS) is 16.6. The number of hydrogen-bond donors (Lipinski definition) is 0. The predicted molar refractivity (Wildman–Crippen MR) is 196 cm³/mol. The molecule has 0 bridgehead atoms.